The normalized spacial score (nSPS) is 26.7. The van der Waals surface area contributed by atoms with E-state index in [2.05, 4.69) is 0 Å². The maximum Gasteiger partial charge on any atom is 0.409 e. The van der Waals surface area contributed by atoms with Crippen molar-refractivity contribution in [1.82, 2.24) is 9.80 Å². The first kappa shape index (κ1) is 19.6. The zero-order valence-corrected chi connectivity index (χ0v) is 16.9. The fraction of sp³-hybridized carbons (Fsp3) is 0.667. The number of nitrogens with zero attached hydrogens (tertiary/aromatic N) is 2. The van der Waals surface area contributed by atoms with Crippen molar-refractivity contribution in [3.05, 3.63) is 17.5 Å². The van der Waals surface area contributed by atoms with Crippen LogP contribution in [-0.2, 0) is 24.4 Å². The van der Waals surface area contributed by atoms with Crippen molar-refractivity contribution in [3.8, 4) is 0 Å². The number of amides is 1. The van der Waals surface area contributed by atoms with Crippen molar-refractivity contribution < 1.29 is 26.4 Å². The summed E-state index contributed by atoms with van der Waals surface area (Å²) in [6.45, 7) is 3.66. The molecule has 26 heavy (non-hydrogen) atoms. The number of carbonyl (C=O) groups excluding carboxylic acids is 1. The average molecular weight is 423 g/mol. The van der Waals surface area contributed by atoms with Gasteiger partial charge in [0.05, 0.1) is 23.4 Å². The molecule has 1 amide bonds. The maximum atomic E-state index is 12.9. The van der Waals surface area contributed by atoms with Gasteiger partial charge in [0.2, 0.25) is 0 Å². The highest BCUT2D eigenvalue weighted by Crippen LogP contribution is 2.31. The molecule has 11 heteroatoms. The van der Waals surface area contributed by atoms with E-state index >= 15 is 0 Å². The second-order valence-corrected chi connectivity index (χ2v) is 11.9. The zero-order valence-electron chi connectivity index (χ0n) is 14.4. The standard InChI is InChI=1S/C15H22N2O6S3/c1-2-23-15(18)17-7-5-16(6-8-17)12-10-25(19,20)11-13(12)26(21,22)14-4-3-9-24-14/h3-4,9,12-13H,2,5-8,10-11H2,1H3/t12-,13-/m1/s1. The Morgan fingerprint density at radius 3 is 2.54 bits per heavy atom. The molecule has 3 rings (SSSR count). The average Bonchev–Trinajstić information content (AvgIpc) is 3.23. The molecule has 2 aliphatic heterocycles. The van der Waals surface area contributed by atoms with Crippen LogP contribution in [0, 0.1) is 0 Å². The summed E-state index contributed by atoms with van der Waals surface area (Å²) in [4.78, 5) is 15.2. The molecule has 1 aromatic rings. The van der Waals surface area contributed by atoms with Gasteiger partial charge >= 0.3 is 6.09 Å². The Kier molecular flexibility index (Phi) is 5.61. The lowest BCUT2D eigenvalue weighted by molar-refractivity contribution is 0.0700. The molecular weight excluding hydrogens is 400 g/mol. The third kappa shape index (κ3) is 3.90. The van der Waals surface area contributed by atoms with Crippen LogP contribution < -0.4 is 0 Å². The number of carbonyl (C=O) groups is 1. The highest BCUT2D eigenvalue weighted by molar-refractivity contribution is 7.97. The number of hydrogen-bond donors (Lipinski definition) is 0. The number of rotatable bonds is 4. The summed E-state index contributed by atoms with van der Waals surface area (Å²) in [5, 5.41) is 0.698. The lowest BCUT2D eigenvalue weighted by atomic mass is 10.2. The molecule has 0 aromatic carbocycles. The van der Waals surface area contributed by atoms with Gasteiger partial charge in [0.25, 0.3) is 0 Å². The summed E-state index contributed by atoms with van der Waals surface area (Å²) in [7, 11) is -7.14. The molecule has 0 spiro atoms. The molecule has 2 aliphatic rings. The maximum absolute atomic E-state index is 12.9. The van der Waals surface area contributed by atoms with Crippen LogP contribution in [0.2, 0.25) is 0 Å². The predicted octanol–water partition coefficient (Wildman–Crippen LogP) is 0.462. The lowest BCUT2D eigenvalue weighted by Crippen LogP contribution is -2.55. The number of hydrogen-bond acceptors (Lipinski definition) is 8. The van der Waals surface area contributed by atoms with Gasteiger partial charge in [-0.3, -0.25) is 4.90 Å². The fourth-order valence-corrected chi connectivity index (χ4v) is 9.51. The first-order chi connectivity index (χ1) is 12.2. The predicted molar refractivity (Wildman–Crippen MR) is 97.9 cm³/mol. The van der Waals surface area contributed by atoms with Crippen LogP contribution in [-0.4, -0.2) is 88.3 Å². The van der Waals surface area contributed by atoms with Gasteiger partial charge in [0.1, 0.15) is 4.21 Å². The Morgan fingerprint density at radius 2 is 1.96 bits per heavy atom. The fourth-order valence-electron chi connectivity index (χ4n) is 3.46. The molecule has 2 atom stereocenters. The first-order valence-electron chi connectivity index (χ1n) is 8.38. The Balaban J connectivity index is 1.77. The molecule has 0 aliphatic carbocycles. The van der Waals surface area contributed by atoms with Crippen LogP contribution in [0.25, 0.3) is 0 Å². The summed E-state index contributed by atoms with van der Waals surface area (Å²) < 4.78 is 55.4. The Morgan fingerprint density at radius 1 is 1.27 bits per heavy atom. The number of ether oxygens (including phenoxy) is 1. The molecule has 0 unspecified atom stereocenters. The minimum absolute atomic E-state index is 0.165. The first-order valence-corrected chi connectivity index (χ1v) is 12.6. The van der Waals surface area contributed by atoms with Crippen LogP contribution in [0.5, 0.6) is 0 Å². The van der Waals surface area contributed by atoms with E-state index in [1.54, 1.807) is 23.3 Å². The molecule has 0 radical (unpaired) electrons. The SMILES string of the molecule is CCOC(=O)N1CCN([C@@H]2CS(=O)(=O)C[C@H]2S(=O)(=O)c2cccs2)CC1. The minimum Gasteiger partial charge on any atom is -0.450 e. The van der Waals surface area contributed by atoms with Crippen LogP contribution in [0.15, 0.2) is 21.7 Å². The van der Waals surface area contributed by atoms with Crippen LogP contribution >= 0.6 is 11.3 Å². The van der Waals surface area contributed by atoms with Crippen molar-refractivity contribution in [2.45, 2.75) is 22.4 Å². The van der Waals surface area contributed by atoms with E-state index in [0.717, 1.165) is 11.3 Å². The van der Waals surface area contributed by atoms with E-state index in [0.29, 0.717) is 32.8 Å². The van der Waals surface area contributed by atoms with E-state index in [-0.39, 0.29) is 15.7 Å². The molecule has 2 saturated heterocycles. The third-order valence-electron chi connectivity index (χ3n) is 4.76. The molecule has 1 aromatic heterocycles. The number of piperazine rings is 1. The largest absolute Gasteiger partial charge is 0.450 e. The van der Waals surface area contributed by atoms with Crippen molar-refractivity contribution in [2.24, 2.45) is 0 Å². The second-order valence-electron chi connectivity index (χ2n) is 6.38. The Hall–Kier alpha value is -1.17. The molecule has 2 fully saturated rings. The molecule has 146 valence electrons. The van der Waals surface area contributed by atoms with E-state index in [1.807, 2.05) is 4.90 Å². The number of thiophene rings is 1. The quantitative estimate of drug-likeness (QED) is 0.695. The third-order valence-corrected chi connectivity index (χ3v) is 10.3. The summed E-state index contributed by atoms with van der Waals surface area (Å²) in [6, 6.07) is 2.57. The monoisotopic (exact) mass is 422 g/mol. The topological polar surface area (TPSA) is 101 Å². The van der Waals surface area contributed by atoms with Gasteiger partial charge in [0.15, 0.2) is 19.7 Å². The highest BCUT2D eigenvalue weighted by Gasteiger charge is 2.49. The van der Waals surface area contributed by atoms with E-state index in [9.17, 15) is 21.6 Å². The molecular formula is C15H22N2O6S3. The van der Waals surface area contributed by atoms with E-state index in [4.69, 9.17) is 4.74 Å². The van der Waals surface area contributed by atoms with Crippen LogP contribution in [0.4, 0.5) is 4.79 Å². The Bertz CT molecular complexity index is 842. The molecule has 3 heterocycles. The Labute approximate surface area is 157 Å². The van der Waals surface area contributed by atoms with Crippen LogP contribution in [0.3, 0.4) is 0 Å². The van der Waals surface area contributed by atoms with Gasteiger partial charge in [-0.1, -0.05) is 6.07 Å². The molecule has 8 nitrogen and oxygen atoms in total. The van der Waals surface area contributed by atoms with Gasteiger partial charge in [-0.15, -0.1) is 11.3 Å². The summed E-state index contributed by atoms with van der Waals surface area (Å²) in [5.74, 6) is -0.516. The second kappa shape index (κ2) is 7.45. The van der Waals surface area contributed by atoms with E-state index < -0.39 is 37.1 Å². The smallest absolute Gasteiger partial charge is 0.409 e. The lowest BCUT2D eigenvalue weighted by Gasteiger charge is -2.38. The van der Waals surface area contributed by atoms with Crippen molar-refractivity contribution in [1.29, 1.82) is 0 Å². The van der Waals surface area contributed by atoms with Crippen molar-refractivity contribution in [2.75, 3.05) is 44.3 Å². The zero-order chi connectivity index (χ0) is 18.9. The van der Waals surface area contributed by atoms with Gasteiger partial charge in [-0.25, -0.2) is 21.6 Å². The van der Waals surface area contributed by atoms with E-state index in [1.165, 1.54) is 6.07 Å². The number of sulfone groups is 2. The van der Waals surface area contributed by atoms with Gasteiger partial charge < -0.3 is 9.64 Å². The van der Waals surface area contributed by atoms with Gasteiger partial charge in [0, 0.05) is 32.2 Å². The van der Waals surface area contributed by atoms with Gasteiger partial charge in [-0.05, 0) is 18.4 Å². The van der Waals surface area contributed by atoms with Crippen LogP contribution in [0.1, 0.15) is 6.92 Å². The van der Waals surface area contributed by atoms with Gasteiger partial charge in [-0.2, -0.15) is 0 Å². The molecule has 0 bridgehead atoms. The molecule has 0 N–H and O–H groups in total. The highest BCUT2D eigenvalue weighted by atomic mass is 32.2. The van der Waals surface area contributed by atoms with Crippen molar-refractivity contribution >= 4 is 37.1 Å². The molecule has 0 saturated carbocycles. The summed E-state index contributed by atoms with van der Waals surface area (Å²) in [6.07, 6.45) is -0.394. The van der Waals surface area contributed by atoms with Crippen molar-refractivity contribution in [3.63, 3.8) is 0 Å². The summed E-state index contributed by atoms with van der Waals surface area (Å²) in [5.41, 5.74) is 0. The summed E-state index contributed by atoms with van der Waals surface area (Å²) >= 11 is 1.10. The minimum atomic E-state index is -3.71.